The maximum atomic E-state index is 10.8. The molecule has 0 bridgehead atoms. The van der Waals surface area contributed by atoms with Crippen molar-refractivity contribution in [3.05, 3.63) is 23.8 Å². The SMILES string of the molecule is C=C(COC/C(=C/C(C)C)C(=O)O)C(=O)O. The van der Waals surface area contributed by atoms with E-state index in [4.69, 9.17) is 14.9 Å². The van der Waals surface area contributed by atoms with Gasteiger partial charge in [-0.25, -0.2) is 9.59 Å². The number of carboxylic acid groups (broad SMARTS) is 2. The summed E-state index contributed by atoms with van der Waals surface area (Å²) in [5, 5.41) is 17.3. The van der Waals surface area contributed by atoms with Gasteiger partial charge in [-0.1, -0.05) is 26.5 Å². The van der Waals surface area contributed by atoms with Crippen LogP contribution in [0.4, 0.5) is 0 Å². The molecule has 0 radical (unpaired) electrons. The normalized spacial score (nSPS) is 11.6. The second-order valence-electron chi connectivity index (χ2n) is 3.64. The number of carbonyl (C=O) groups is 2. The molecular formula is C11H16O5. The average molecular weight is 228 g/mol. The fourth-order valence-electron chi connectivity index (χ4n) is 0.929. The quantitative estimate of drug-likeness (QED) is 0.642. The Morgan fingerprint density at radius 2 is 1.81 bits per heavy atom. The van der Waals surface area contributed by atoms with E-state index in [1.165, 1.54) is 0 Å². The predicted octanol–water partition coefficient (Wildman–Crippen LogP) is 1.31. The number of allylic oxidation sites excluding steroid dienone is 1. The highest BCUT2D eigenvalue weighted by atomic mass is 16.5. The Labute approximate surface area is 94.0 Å². The van der Waals surface area contributed by atoms with Gasteiger partial charge in [-0.2, -0.15) is 0 Å². The third-order valence-electron chi connectivity index (χ3n) is 1.65. The van der Waals surface area contributed by atoms with Crippen LogP contribution in [0.25, 0.3) is 0 Å². The van der Waals surface area contributed by atoms with Crippen LogP contribution < -0.4 is 0 Å². The summed E-state index contributed by atoms with van der Waals surface area (Å²) < 4.78 is 4.95. The number of carboxylic acids is 2. The van der Waals surface area contributed by atoms with Gasteiger partial charge in [0.25, 0.3) is 0 Å². The van der Waals surface area contributed by atoms with Gasteiger partial charge in [0.15, 0.2) is 0 Å². The summed E-state index contributed by atoms with van der Waals surface area (Å²) in [7, 11) is 0. The Hall–Kier alpha value is -1.62. The average Bonchev–Trinajstić information content (AvgIpc) is 2.14. The summed E-state index contributed by atoms with van der Waals surface area (Å²) in [6.07, 6.45) is 1.56. The molecule has 16 heavy (non-hydrogen) atoms. The molecule has 0 aliphatic rings. The molecule has 0 saturated carbocycles. The zero-order valence-corrected chi connectivity index (χ0v) is 9.40. The molecular weight excluding hydrogens is 212 g/mol. The first-order chi connectivity index (χ1) is 7.34. The highest BCUT2D eigenvalue weighted by Crippen LogP contribution is 2.04. The molecule has 0 atom stereocenters. The van der Waals surface area contributed by atoms with Crippen LogP contribution in [0.15, 0.2) is 23.8 Å². The van der Waals surface area contributed by atoms with Gasteiger partial charge in [0.1, 0.15) is 0 Å². The number of aliphatic carboxylic acids is 2. The highest BCUT2D eigenvalue weighted by molar-refractivity contribution is 5.87. The molecule has 0 aliphatic carbocycles. The van der Waals surface area contributed by atoms with Crippen molar-refractivity contribution in [1.29, 1.82) is 0 Å². The molecule has 0 spiro atoms. The molecule has 5 nitrogen and oxygen atoms in total. The maximum Gasteiger partial charge on any atom is 0.333 e. The lowest BCUT2D eigenvalue weighted by molar-refractivity contribution is -0.133. The summed E-state index contributed by atoms with van der Waals surface area (Å²) in [6, 6.07) is 0. The minimum Gasteiger partial charge on any atom is -0.478 e. The maximum absolute atomic E-state index is 10.8. The minimum absolute atomic E-state index is 0.0948. The fraction of sp³-hybridized carbons (Fsp3) is 0.455. The molecule has 2 N–H and O–H groups in total. The largest absolute Gasteiger partial charge is 0.478 e. The zero-order chi connectivity index (χ0) is 12.7. The Balaban J connectivity index is 4.20. The van der Waals surface area contributed by atoms with E-state index in [1.54, 1.807) is 6.08 Å². The molecule has 0 rings (SSSR count). The fourth-order valence-corrected chi connectivity index (χ4v) is 0.929. The second-order valence-corrected chi connectivity index (χ2v) is 3.64. The lowest BCUT2D eigenvalue weighted by Gasteiger charge is -2.06. The van der Waals surface area contributed by atoms with Gasteiger partial charge < -0.3 is 14.9 Å². The molecule has 0 amide bonds. The number of rotatable bonds is 7. The van der Waals surface area contributed by atoms with E-state index < -0.39 is 11.9 Å². The summed E-state index contributed by atoms with van der Waals surface area (Å²) in [4.78, 5) is 21.1. The highest BCUT2D eigenvalue weighted by Gasteiger charge is 2.10. The topological polar surface area (TPSA) is 83.8 Å². The van der Waals surface area contributed by atoms with Crippen LogP contribution in [0.2, 0.25) is 0 Å². The first-order valence-corrected chi connectivity index (χ1v) is 4.77. The number of ether oxygens (including phenoxy) is 1. The van der Waals surface area contributed by atoms with Crippen molar-refractivity contribution in [3.63, 3.8) is 0 Å². The van der Waals surface area contributed by atoms with E-state index in [0.717, 1.165) is 0 Å². The first kappa shape index (κ1) is 14.4. The van der Waals surface area contributed by atoms with E-state index in [1.807, 2.05) is 13.8 Å². The van der Waals surface area contributed by atoms with Crippen molar-refractivity contribution >= 4 is 11.9 Å². The van der Waals surface area contributed by atoms with Crippen molar-refractivity contribution < 1.29 is 24.5 Å². The molecule has 0 aliphatic heterocycles. The van der Waals surface area contributed by atoms with E-state index >= 15 is 0 Å². The molecule has 0 aromatic rings. The molecule has 0 saturated heterocycles. The molecule has 0 fully saturated rings. The first-order valence-electron chi connectivity index (χ1n) is 4.77. The Bertz CT molecular complexity index is 314. The van der Waals surface area contributed by atoms with Crippen LogP contribution in [-0.2, 0) is 14.3 Å². The third-order valence-corrected chi connectivity index (χ3v) is 1.65. The zero-order valence-electron chi connectivity index (χ0n) is 9.40. The van der Waals surface area contributed by atoms with Gasteiger partial charge in [-0.15, -0.1) is 0 Å². The molecule has 0 unspecified atom stereocenters. The Morgan fingerprint density at radius 1 is 1.25 bits per heavy atom. The predicted molar refractivity (Wildman–Crippen MR) is 58.2 cm³/mol. The number of hydrogen-bond donors (Lipinski definition) is 2. The van der Waals surface area contributed by atoms with Crippen LogP contribution in [0.5, 0.6) is 0 Å². The van der Waals surface area contributed by atoms with E-state index in [-0.39, 0.29) is 30.3 Å². The molecule has 0 aromatic carbocycles. The molecule has 0 aromatic heterocycles. The van der Waals surface area contributed by atoms with Crippen LogP contribution in [0.1, 0.15) is 13.8 Å². The lowest BCUT2D eigenvalue weighted by Crippen LogP contribution is -2.13. The Kier molecular flexibility index (Phi) is 6.10. The van der Waals surface area contributed by atoms with E-state index in [0.29, 0.717) is 0 Å². The van der Waals surface area contributed by atoms with Crippen LogP contribution in [-0.4, -0.2) is 35.4 Å². The Morgan fingerprint density at radius 3 is 2.19 bits per heavy atom. The minimum atomic E-state index is -1.15. The van der Waals surface area contributed by atoms with Gasteiger partial charge in [-0.05, 0) is 5.92 Å². The third kappa shape index (κ3) is 5.98. The standard InChI is InChI=1S/C11H16O5/c1-7(2)4-9(11(14)15)6-16-5-8(3)10(12)13/h4,7H,3,5-6H2,1-2H3,(H,12,13)(H,14,15)/b9-4-. The smallest absolute Gasteiger partial charge is 0.333 e. The lowest BCUT2D eigenvalue weighted by atomic mass is 10.1. The molecule has 90 valence electrons. The van der Waals surface area contributed by atoms with Crippen molar-refractivity contribution in [3.8, 4) is 0 Å². The van der Waals surface area contributed by atoms with Gasteiger partial charge >= 0.3 is 11.9 Å². The van der Waals surface area contributed by atoms with E-state index in [9.17, 15) is 9.59 Å². The van der Waals surface area contributed by atoms with Crippen molar-refractivity contribution in [1.82, 2.24) is 0 Å². The van der Waals surface area contributed by atoms with E-state index in [2.05, 4.69) is 6.58 Å². The van der Waals surface area contributed by atoms with Crippen molar-refractivity contribution in [2.24, 2.45) is 5.92 Å². The van der Waals surface area contributed by atoms with Crippen molar-refractivity contribution in [2.45, 2.75) is 13.8 Å². The van der Waals surface area contributed by atoms with Gasteiger partial charge in [0.2, 0.25) is 0 Å². The van der Waals surface area contributed by atoms with Crippen LogP contribution >= 0.6 is 0 Å². The molecule has 5 heteroatoms. The van der Waals surface area contributed by atoms with Gasteiger partial charge in [-0.3, -0.25) is 0 Å². The summed E-state index contributed by atoms with van der Waals surface area (Å²) in [5.41, 5.74) is 0.0162. The van der Waals surface area contributed by atoms with Crippen LogP contribution in [0, 0.1) is 5.92 Å². The van der Waals surface area contributed by atoms with Crippen molar-refractivity contribution in [2.75, 3.05) is 13.2 Å². The number of hydrogen-bond acceptors (Lipinski definition) is 3. The second kappa shape index (κ2) is 6.79. The van der Waals surface area contributed by atoms with Gasteiger partial charge in [0.05, 0.1) is 24.4 Å². The van der Waals surface area contributed by atoms with Crippen LogP contribution in [0.3, 0.4) is 0 Å². The van der Waals surface area contributed by atoms with Gasteiger partial charge in [0, 0.05) is 0 Å². The summed E-state index contributed by atoms with van der Waals surface area (Å²) in [6.45, 7) is 6.65. The summed E-state index contributed by atoms with van der Waals surface area (Å²) >= 11 is 0. The monoisotopic (exact) mass is 228 g/mol. The summed E-state index contributed by atoms with van der Waals surface area (Å²) in [5.74, 6) is -2.11. The molecule has 0 heterocycles.